The summed E-state index contributed by atoms with van der Waals surface area (Å²) in [6, 6.07) is 21.5. The third-order valence-electron chi connectivity index (χ3n) is 4.39. The molecule has 4 heteroatoms. The van der Waals surface area contributed by atoms with Gasteiger partial charge in [-0.2, -0.15) is 0 Å². The zero-order valence-corrected chi connectivity index (χ0v) is 14.4. The van der Waals surface area contributed by atoms with Gasteiger partial charge in [-0.3, -0.25) is 0 Å². The lowest BCUT2D eigenvalue weighted by Gasteiger charge is -2.13. The minimum Gasteiger partial charge on any atom is -0.461 e. The molecule has 0 aliphatic rings. The number of nitrogens with two attached hydrogens (primary N) is 1. The summed E-state index contributed by atoms with van der Waals surface area (Å²) in [7, 11) is 0. The molecule has 4 aromatic rings. The van der Waals surface area contributed by atoms with Crippen molar-refractivity contribution in [1.29, 1.82) is 0 Å². The van der Waals surface area contributed by atoms with Crippen LogP contribution >= 0.6 is 0 Å². The Morgan fingerprint density at radius 3 is 2.62 bits per heavy atom. The number of anilines is 1. The fourth-order valence-electron chi connectivity index (χ4n) is 3.22. The third kappa shape index (κ3) is 2.75. The van der Waals surface area contributed by atoms with Gasteiger partial charge in [0.1, 0.15) is 0 Å². The van der Waals surface area contributed by atoms with E-state index in [2.05, 4.69) is 17.1 Å². The largest absolute Gasteiger partial charge is 0.461 e. The number of ether oxygens (including phenoxy) is 1. The van der Waals surface area contributed by atoms with Crippen molar-refractivity contribution in [1.82, 2.24) is 4.98 Å². The summed E-state index contributed by atoms with van der Waals surface area (Å²) in [5.74, 6) is -0.422. The second-order valence-corrected chi connectivity index (χ2v) is 6.08. The van der Waals surface area contributed by atoms with Gasteiger partial charge in [-0.25, -0.2) is 9.78 Å². The molecular weight excluding hydrogens is 324 g/mol. The lowest BCUT2D eigenvalue weighted by molar-refractivity contribution is 0.0521. The van der Waals surface area contributed by atoms with Crippen LogP contribution in [0.2, 0.25) is 0 Å². The van der Waals surface area contributed by atoms with E-state index < -0.39 is 5.97 Å². The zero-order valence-electron chi connectivity index (χ0n) is 14.4. The number of fused-ring (bicyclic) bond motifs is 2. The van der Waals surface area contributed by atoms with Crippen molar-refractivity contribution in [3.05, 3.63) is 72.4 Å². The maximum atomic E-state index is 12.6. The molecule has 4 rings (SSSR count). The molecular formula is C22H18N2O2. The quantitative estimate of drug-likeness (QED) is 0.428. The van der Waals surface area contributed by atoms with Crippen LogP contribution in [0, 0.1) is 0 Å². The first kappa shape index (κ1) is 16.1. The topological polar surface area (TPSA) is 65.2 Å². The molecule has 1 heterocycles. The third-order valence-corrected chi connectivity index (χ3v) is 4.39. The Labute approximate surface area is 151 Å². The van der Waals surface area contributed by atoms with Crippen LogP contribution in [0.3, 0.4) is 0 Å². The van der Waals surface area contributed by atoms with Crippen molar-refractivity contribution in [3.63, 3.8) is 0 Å². The summed E-state index contributed by atoms with van der Waals surface area (Å²) < 4.78 is 5.25. The monoisotopic (exact) mass is 342 g/mol. The van der Waals surface area contributed by atoms with E-state index in [-0.39, 0.29) is 0 Å². The molecule has 128 valence electrons. The highest BCUT2D eigenvalue weighted by Gasteiger charge is 2.19. The van der Waals surface area contributed by atoms with E-state index in [1.54, 1.807) is 13.0 Å². The lowest BCUT2D eigenvalue weighted by Crippen LogP contribution is -2.09. The van der Waals surface area contributed by atoms with Gasteiger partial charge >= 0.3 is 5.97 Å². The van der Waals surface area contributed by atoms with Crippen molar-refractivity contribution in [2.45, 2.75) is 6.92 Å². The number of aromatic nitrogens is 1. The summed E-state index contributed by atoms with van der Waals surface area (Å²) in [4.78, 5) is 17.2. The molecule has 1 aromatic heterocycles. The first-order chi connectivity index (χ1) is 12.7. The molecule has 2 N–H and O–H groups in total. The molecule has 0 fully saturated rings. The van der Waals surface area contributed by atoms with Crippen LogP contribution in [-0.2, 0) is 4.74 Å². The standard InChI is InChI=1S/C22H18N2O2/c1-2-26-22(25)21-19(13-15-12-16(23)10-11-20(15)24-21)18-9-5-7-14-6-3-4-8-17(14)18/h3-13H,2,23H2,1H3. The van der Waals surface area contributed by atoms with Crippen molar-refractivity contribution in [2.24, 2.45) is 0 Å². The SMILES string of the molecule is CCOC(=O)c1nc2ccc(N)cc2cc1-c1cccc2ccccc12. The maximum absolute atomic E-state index is 12.6. The number of benzene rings is 3. The predicted molar refractivity (Wildman–Crippen MR) is 105 cm³/mol. The average molecular weight is 342 g/mol. The van der Waals surface area contributed by atoms with Gasteiger partial charge < -0.3 is 10.5 Å². The molecule has 3 aromatic carbocycles. The van der Waals surface area contributed by atoms with Crippen LogP contribution in [0.5, 0.6) is 0 Å². The number of rotatable bonds is 3. The highest BCUT2D eigenvalue weighted by atomic mass is 16.5. The molecule has 0 atom stereocenters. The van der Waals surface area contributed by atoms with Gasteiger partial charge in [-0.05, 0) is 47.5 Å². The zero-order chi connectivity index (χ0) is 18.1. The highest BCUT2D eigenvalue weighted by molar-refractivity contribution is 6.05. The molecule has 0 bridgehead atoms. The fourth-order valence-corrected chi connectivity index (χ4v) is 3.22. The Balaban J connectivity index is 2.05. The van der Waals surface area contributed by atoms with Crippen LogP contribution in [0.1, 0.15) is 17.4 Å². The number of nitrogen functional groups attached to an aromatic ring is 1. The van der Waals surface area contributed by atoms with Gasteiger partial charge in [0.25, 0.3) is 0 Å². The number of hydrogen-bond donors (Lipinski definition) is 1. The Bertz CT molecular complexity index is 1130. The van der Waals surface area contributed by atoms with E-state index in [0.717, 1.165) is 27.3 Å². The number of nitrogens with zero attached hydrogens (tertiary/aromatic N) is 1. The maximum Gasteiger partial charge on any atom is 0.357 e. The Hall–Kier alpha value is -3.40. The van der Waals surface area contributed by atoms with E-state index in [0.29, 0.717) is 23.5 Å². The molecule has 0 spiro atoms. The minimum atomic E-state index is -0.422. The summed E-state index contributed by atoms with van der Waals surface area (Å²) in [6.45, 7) is 2.09. The number of pyridine rings is 1. The summed E-state index contributed by atoms with van der Waals surface area (Å²) in [5.41, 5.74) is 9.32. The second kappa shape index (κ2) is 6.48. The molecule has 0 saturated carbocycles. The van der Waals surface area contributed by atoms with Crippen LogP contribution in [0.4, 0.5) is 5.69 Å². The molecule has 4 nitrogen and oxygen atoms in total. The Morgan fingerprint density at radius 2 is 1.77 bits per heavy atom. The van der Waals surface area contributed by atoms with Gasteiger partial charge in [-0.1, -0.05) is 42.5 Å². The van der Waals surface area contributed by atoms with Gasteiger partial charge in [0.2, 0.25) is 0 Å². The number of carbonyl (C=O) groups excluding carboxylic acids is 1. The van der Waals surface area contributed by atoms with Crippen LogP contribution in [0.25, 0.3) is 32.8 Å². The normalized spacial score (nSPS) is 11.0. The minimum absolute atomic E-state index is 0.301. The van der Waals surface area contributed by atoms with Crippen LogP contribution < -0.4 is 5.73 Å². The van der Waals surface area contributed by atoms with Gasteiger partial charge in [0, 0.05) is 16.6 Å². The van der Waals surface area contributed by atoms with Crippen molar-refractivity contribution in [2.75, 3.05) is 12.3 Å². The first-order valence-electron chi connectivity index (χ1n) is 8.53. The average Bonchev–Trinajstić information content (AvgIpc) is 2.66. The van der Waals surface area contributed by atoms with Crippen molar-refractivity contribution in [3.8, 4) is 11.1 Å². The molecule has 0 aliphatic carbocycles. The van der Waals surface area contributed by atoms with Gasteiger partial charge in [0.05, 0.1) is 12.1 Å². The molecule has 0 amide bonds. The Kier molecular flexibility index (Phi) is 4.01. The molecule has 26 heavy (non-hydrogen) atoms. The molecule has 0 unspecified atom stereocenters. The molecule has 0 aliphatic heterocycles. The van der Waals surface area contributed by atoms with Gasteiger partial charge in [-0.15, -0.1) is 0 Å². The number of esters is 1. The highest BCUT2D eigenvalue weighted by Crippen LogP contribution is 2.33. The van der Waals surface area contributed by atoms with Gasteiger partial charge in [0.15, 0.2) is 5.69 Å². The van der Waals surface area contributed by atoms with Crippen molar-refractivity contribution >= 4 is 33.3 Å². The summed E-state index contributed by atoms with van der Waals surface area (Å²) in [6.07, 6.45) is 0. The molecule has 0 radical (unpaired) electrons. The summed E-state index contributed by atoms with van der Waals surface area (Å²) >= 11 is 0. The van der Waals surface area contributed by atoms with E-state index in [1.165, 1.54) is 0 Å². The van der Waals surface area contributed by atoms with Crippen LogP contribution in [0.15, 0.2) is 66.7 Å². The van der Waals surface area contributed by atoms with Crippen LogP contribution in [-0.4, -0.2) is 17.6 Å². The summed E-state index contributed by atoms with van der Waals surface area (Å²) in [5, 5.41) is 3.05. The van der Waals surface area contributed by atoms with E-state index in [1.807, 2.05) is 48.5 Å². The smallest absolute Gasteiger partial charge is 0.357 e. The van der Waals surface area contributed by atoms with E-state index in [9.17, 15) is 4.79 Å². The van der Waals surface area contributed by atoms with E-state index in [4.69, 9.17) is 10.5 Å². The second-order valence-electron chi connectivity index (χ2n) is 6.08. The Morgan fingerprint density at radius 1 is 0.962 bits per heavy atom. The lowest BCUT2D eigenvalue weighted by atomic mass is 9.95. The molecule has 0 saturated heterocycles. The number of carbonyl (C=O) groups is 1. The first-order valence-corrected chi connectivity index (χ1v) is 8.53. The van der Waals surface area contributed by atoms with Crippen molar-refractivity contribution < 1.29 is 9.53 Å². The predicted octanol–water partition coefficient (Wildman–Crippen LogP) is 4.81. The fraction of sp³-hybridized carbons (Fsp3) is 0.0909. The number of hydrogen-bond acceptors (Lipinski definition) is 4. The van der Waals surface area contributed by atoms with E-state index >= 15 is 0 Å².